The number of ketones is 1. The lowest BCUT2D eigenvalue weighted by atomic mass is 10.1. The third kappa shape index (κ3) is 9.13. The maximum atomic E-state index is 11.8. The van der Waals surface area contributed by atoms with Crippen LogP contribution in [0.1, 0.15) is 39.5 Å². The second-order valence-electron chi connectivity index (χ2n) is 4.43. The molecule has 18 heavy (non-hydrogen) atoms. The van der Waals surface area contributed by atoms with Gasteiger partial charge in [-0.2, -0.15) is 0 Å². The summed E-state index contributed by atoms with van der Waals surface area (Å²) in [5.74, 6) is 0.0872. The van der Waals surface area contributed by atoms with Gasteiger partial charge in [0.15, 0.2) is 0 Å². The molecule has 5 heteroatoms. The zero-order valence-electron chi connectivity index (χ0n) is 11.8. The molecule has 0 bridgehead atoms. The predicted molar refractivity (Wildman–Crippen MR) is 73.6 cm³/mol. The van der Waals surface area contributed by atoms with Crippen molar-refractivity contribution in [1.29, 1.82) is 0 Å². The van der Waals surface area contributed by atoms with E-state index >= 15 is 0 Å². The molecule has 0 aromatic rings. The number of amides is 1. The molecule has 0 aliphatic heterocycles. The minimum Gasteiger partial charge on any atom is -0.354 e. The van der Waals surface area contributed by atoms with Crippen molar-refractivity contribution in [3.05, 3.63) is 0 Å². The Kier molecular flexibility index (Phi) is 10.6. The van der Waals surface area contributed by atoms with Gasteiger partial charge in [-0.05, 0) is 39.9 Å². The number of carbonyl (C=O) groups is 2. The summed E-state index contributed by atoms with van der Waals surface area (Å²) in [7, 11) is 1.79. The van der Waals surface area contributed by atoms with E-state index in [-0.39, 0.29) is 17.7 Å². The standard InChI is InChI=1S/C13H27N3O2/c1-4-15-9-6-5-7-12(14-3)13(18)16-10-8-11(2)17/h12,14-15H,4-10H2,1-3H3,(H,16,18). The summed E-state index contributed by atoms with van der Waals surface area (Å²) in [6.45, 7) is 6.03. The number of unbranched alkanes of at least 4 members (excludes halogenated alkanes) is 1. The molecule has 0 saturated carbocycles. The highest BCUT2D eigenvalue weighted by Crippen LogP contribution is 2.00. The van der Waals surface area contributed by atoms with Crippen molar-refractivity contribution < 1.29 is 9.59 Å². The van der Waals surface area contributed by atoms with Crippen LogP contribution in [0, 0.1) is 0 Å². The van der Waals surface area contributed by atoms with E-state index in [0.717, 1.165) is 32.4 Å². The zero-order chi connectivity index (χ0) is 13.8. The summed E-state index contributed by atoms with van der Waals surface area (Å²) in [6, 6.07) is -0.154. The van der Waals surface area contributed by atoms with Gasteiger partial charge in [-0.15, -0.1) is 0 Å². The van der Waals surface area contributed by atoms with Gasteiger partial charge >= 0.3 is 0 Å². The van der Waals surface area contributed by atoms with E-state index < -0.39 is 0 Å². The number of Topliss-reactive ketones (excluding diaryl/α,β-unsaturated/α-hetero) is 1. The number of carbonyl (C=O) groups excluding carboxylic acids is 2. The van der Waals surface area contributed by atoms with Gasteiger partial charge < -0.3 is 16.0 Å². The molecule has 0 aromatic carbocycles. The quantitative estimate of drug-likeness (QED) is 0.470. The van der Waals surface area contributed by atoms with Gasteiger partial charge in [-0.25, -0.2) is 0 Å². The summed E-state index contributed by atoms with van der Waals surface area (Å²) in [4.78, 5) is 22.5. The number of hydrogen-bond acceptors (Lipinski definition) is 4. The number of rotatable bonds is 11. The van der Waals surface area contributed by atoms with E-state index in [9.17, 15) is 9.59 Å². The summed E-state index contributed by atoms with van der Waals surface area (Å²) >= 11 is 0. The van der Waals surface area contributed by atoms with E-state index in [1.54, 1.807) is 7.05 Å². The highest BCUT2D eigenvalue weighted by atomic mass is 16.2. The highest BCUT2D eigenvalue weighted by molar-refractivity contribution is 5.82. The van der Waals surface area contributed by atoms with Crippen molar-refractivity contribution >= 4 is 11.7 Å². The molecule has 3 N–H and O–H groups in total. The van der Waals surface area contributed by atoms with Crippen molar-refractivity contribution in [2.45, 2.75) is 45.6 Å². The lowest BCUT2D eigenvalue weighted by Crippen LogP contribution is -2.43. The van der Waals surface area contributed by atoms with Gasteiger partial charge in [0.1, 0.15) is 5.78 Å². The summed E-state index contributed by atoms with van der Waals surface area (Å²) in [5, 5.41) is 9.05. The first-order valence-corrected chi connectivity index (χ1v) is 6.77. The second-order valence-corrected chi connectivity index (χ2v) is 4.43. The molecule has 1 unspecified atom stereocenters. The summed E-state index contributed by atoms with van der Waals surface area (Å²) < 4.78 is 0. The molecule has 0 aliphatic carbocycles. The Labute approximate surface area is 110 Å². The van der Waals surface area contributed by atoms with Crippen molar-refractivity contribution in [3.63, 3.8) is 0 Å². The Hall–Kier alpha value is -0.940. The fourth-order valence-electron chi connectivity index (χ4n) is 1.67. The van der Waals surface area contributed by atoms with Crippen LogP contribution in [0.5, 0.6) is 0 Å². The minimum atomic E-state index is -0.154. The predicted octanol–water partition coefficient (Wildman–Crippen LogP) is 0.450. The molecule has 0 saturated heterocycles. The van der Waals surface area contributed by atoms with Crippen LogP contribution in [-0.4, -0.2) is 44.4 Å². The van der Waals surface area contributed by atoms with E-state index in [2.05, 4.69) is 22.9 Å². The smallest absolute Gasteiger partial charge is 0.237 e. The Morgan fingerprint density at radius 1 is 1.17 bits per heavy atom. The third-order valence-corrected chi connectivity index (χ3v) is 2.79. The van der Waals surface area contributed by atoms with E-state index in [4.69, 9.17) is 0 Å². The molecule has 0 fully saturated rings. The van der Waals surface area contributed by atoms with Crippen LogP contribution in [0.25, 0.3) is 0 Å². The first kappa shape index (κ1) is 17.1. The van der Waals surface area contributed by atoms with Crippen molar-refractivity contribution in [3.8, 4) is 0 Å². The molecule has 0 rings (SSSR count). The number of hydrogen-bond donors (Lipinski definition) is 3. The van der Waals surface area contributed by atoms with E-state index in [0.29, 0.717) is 13.0 Å². The topological polar surface area (TPSA) is 70.2 Å². The van der Waals surface area contributed by atoms with E-state index in [1.165, 1.54) is 6.92 Å². The third-order valence-electron chi connectivity index (χ3n) is 2.79. The molecule has 0 radical (unpaired) electrons. The highest BCUT2D eigenvalue weighted by Gasteiger charge is 2.14. The van der Waals surface area contributed by atoms with Gasteiger partial charge in [0, 0.05) is 13.0 Å². The van der Waals surface area contributed by atoms with Crippen LogP contribution in [0.2, 0.25) is 0 Å². The van der Waals surface area contributed by atoms with Gasteiger partial charge in [-0.3, -0.25) is 9.59 Å². The number of nitrogens with one attached hydrogen (secondary N) is 3. The van der Waals surface area contributed by atoms with Crippen LogP contribution >= 0.6 is 0 Å². The molecular weight excluding hydrogens is 230 g/mol. The van der Waals surface area contributed by atoms with E-state index in [1.807, 2.05) is 0 Å². The maximum absolute atomic E-state index is 11.8. The van der Waals surface area contributed by atoms with Crippen LogP contribution < -0.4 is 16.0 Å². The maximum Gasteiger partial charge on any atom is 0.237 e. The SMILES string of the molecule is CCNCCCCC(NC)C(=O)NCCC(C)=O. The molecular formula is C13H27N3O2. The molecule has 1 amide bonds. The van der Waals surface area contributed by atoms with Crippen LogP contribution in [0.3, 0.4) is 0 Å². The van der Waals surface area contributed by atoms with Crippen molar-refractivity contribution in [2.75, 3.05) is 26.7 Å². The van der Waals surface area contributed by atoms with Gasteiger partial charge in [0.2, 0.25) is 5.91 Å². The summed E-state index contributed by atoms with van der Waals surface area (Å²) in [6.07, 6.45) is 3.32. The average Bonchev–Trinajstić information content (AvgIpc) is 2.33. The second kappa shape index (κ2) is 11.2. The molecule has 1 atom stereocenters. The van der Waals surface area contributed by atoms with Crippen LogP contribution in [0.4, 0.5) is 0 Å². The lowest BCUT2D eigenvalue weighted by molar-refractivity contribution is -0.123. The zero-order valence-corrected chi connectivity index (χ0v) is 11.8. The fourth-order valence-corrected chi connectivity index (χ4v) is 1.67. The van der Waals surface area contributed by atoms with Gasteiger partial charge in [-0.1, -0.05) is 13.3 Å². The first-order valence-electron chi connectivity index (χ1n) is 6.77. The Morgan fingerprint density at radius 3 is 2.44 bits per heavy atom. The van der Waals surface area contributed by atoms with Gasteiger partial charge in [0.25, 0.3) is 0 Å². The van der Waals surface area contributed by atoms with Crippen LogP contribution in [0.15, 0.2) is 0 Å². The lowest BCUT2D eigenvalue weighted by Gasteiger charge is -2.15. The number of likely N-dealkylation sites (N-methyl/N-ethyl adjacent to an activating group) is 1. The molecule has 0 spiro atoms. The van der Waals surface area contributed by atoms with Crippen molar-refractivity contribution in [2.24, 2.45) is 0 Å². The van der Waals surface area contributed by atoms with Crippen LogP contribution in [-0.2, 0) is 9.59 Å². The van der Waals surface area contributed by atoms with Crippen molar-refractivity contribution in [1.82, 2.24) is 16.0 Å². The Bertz CT molecular complexity index is 244. The molecule has 0 aromatic heterocycles. The molecule has 0 heterocycles. The Balaban J connectivity index is 3.71. The molecule has 5 nitrogen and oxygen atoms in total. The summed E-state index contributed by atoms with van der Waals surface area (Å²) in [5.41, 5.74) is 0. The minimum absolute atomic E-state index is 0.0119. The normalized spacial score (nSPS) is 12.2. The first-order chi connectivity index (χ1) is 8.61. The van der Waals surface area contributed by atoms with Gasteiger partial charge in [0.05, 0.1) is 6.04 Å². The Morgan fingerprint density at radius 2 is 1.89 bits per heavy atom. The fraction of sp³-hybridized carbons (Fsp3) is 0.846. The molecule has 106 valence electrons. The largest absolute Gasteiger partial charge is 0.354 e. The average molecular weight is 257 g/mol. The monoisotopic (exact) mass is 257 g/mol. The molecule has 0 aliphatic rings.